The Kier molecular flexibility index (Phi) is 37.7. The molecule has 0 bridgehead atoms. The molecule has 0 saturated heterocycles. The summed E-state index contributed by atoms with van der Waals surface area (Å²) in [5.74, 6) is -0.866. The van der Waals surface area contributed by atoms with E-state index in [1.54, 1.807) is 0 Å². The van der Waals surface area contributed by atoms with Crippen molar-refractivity contribution in [1.82, 2.24) is 0 Å². The number of unbranched alkanes of at least 4 members (excludes halogenated alkanes) is 15. The predicted octanol–water partition coefficient (Wildman–Crippen LogP) is 11.7. The molecule has 306 valence electrons. The highest BCUT2D eigenvalue weighted by Crippen LogP contribution is 2.43. The maximum Gasteiger partial charge on any atom is 0.472 e. The van der Waals surface area contributed by atoms with Crippen LogP contribution in [0.15, 0.2) is 60.8 Å². The first kappa shape index (κ1) is 50.7. The molecule has 0 aliphatic rings. The van der Waals surface area contributed by atoms with Gasteiger partial charge in [0.05, 0.1) is 13.2 Å². The van der Waals surface area contributed by atoms with Crippen molar-refractivity contribution in [2.75, 3.05) is 26.4 Å². The summed E-state index contributed by atoms with van der Waals surface area (Å²) in [5.41, 5.74) is 5.34. The van der Waals surface area contributed by atoms with Crippen LogP contribution >= 0.6 is 7.82 Å². The molecule has 0 aromatic rings. The van der Waals surface area contributed by atoms with Crippen molar-refractivity contribution < 1.29 is 37.6 Å². The van der Waals surface area contributed by atoms with E-state index in [1.165, 1.54) is 51.4 Å². The fraction of sp³-hybridized carbons (Fsp3) is 0.721. The Morgan fingerprint density at radius 2 is 1.04 bits per heavy atom. The minimum absolute atomic E-state index is 0.0466. The second-order valence-electron chi connectivity index (χ2n) is 13.5. The summed E-state index contributed by atoms with van der Waals surface area (Å²) in [6.45, 7) is 3.56. The first-order valence-electron chi connectivity index (χ1n) is 20.8. The average molecular weight is 766 g/mol. The molecule has 0 aliphatic carbocycles. The lowest BCUT2D eigenvalue weighted by molar-refractivity contribution is -0.161. The van der Waals surface area contributed by atoms with Gasteiger partial charge in [0.25, 0.3) is 0 Å². The molecule has 9 nitrogen and oxygen atoms in total. The summed E-state index contributed by atoms with van der Waals surface area (Å²) in [6, 6.07) is 0. The van der Waals surface area contributed by atoms with Crippen LogP contribution in [0.5, 0.6) is 0 Å². The second-order valence-corrected chi connectivity index (χ2v) is 14.9. The van der Waals surface area contributed by atoms with Gasteiger partial charge in [0.1, 0.15) is 6.61 Å². The van der Waals surface area contributed by atoms with Crippen molar-refractivity contribution in [3.05, 3.63) is 60.8 Å². The lowest BCUT2D eigenvalue weighted by Gasteiger charge is -2.19. The lowest BCUT2D eigenvalue weighted by atomic mass is 10.1. The van der Waals surface area contributed by atoms with Gasteiger partial charge in [-0.15, -0.1) is 0 Å². The summed E-state index contributed by atoms with van der Waals surface area (Å²) in [4.78, 5) is 34.8. The lowest BCUT2D eigenvalue weighted by Crippen LogP contribution is -2.29. The van der Waals surface area contributed by atoms with E-state index >= 15 is 0 Å². The van der Waals surface area contributed by atoms with Crippen LogP contribution in [0.1, 0.15) is 168 Å². The minimum Gasteiger partial charge on any atom is -0.462 e. The van der Waals surface area contributed by atoms with E-state index < -0.39 is 32.5 Å². The van der Waals surface area contributed by atoms with Gasteiger partial charge >= 0.3 is 19.8 Å². The van der Waals surface area contributed by atoms with Gasteiger partial charge in [-0.1, -0.05) is 139 Å². The average Bonchev–Trinajstić information content (AvgIpc) is 3.14. The van der Waals surface area contributed by atoms with Gasteiger partial charge in [-0.2, -0.15) is 0 Å². The number of hydrogen-bond donors (Lipinski definition) is 2. The number of phosphoric ester groups is 1. The van der Waals surface area contributed by atoms with Crippen molar-refractivity contribution in [3.63, 3.8) is 0 Å². The van der Waals surface area contributed by atoms with Crippen molar-refractivity contribution in [2.24, 2.45) is 5.73 Å². The molecule has 2 atom stereocenters. The Morgan fingerprint density at radius 3 is 1.57 bits per heavy atom. The standard InChI is InChI=1S/C43H76NO8P/c1-3-5-7-9-11-13-15-17-19-20-22-23-25-27-29-31-33-35-42(45)49-39-41(40-51-53(47,48)50-38-37-44)52-43(46)36-34-32-30-28-26-24-21-18-16-14-12-10-8-6-4-2/h5,7,11,13-14,16-17,19,22-23,41H,3-4,6,8-10,12,15,18,20-21,24-40,44H2,1-2H3,(H,47,48)/t41-/m1/s1. The zero-order valence-electron chi connectivity index (χ0n) is 33.5. The number of phosphoric acid groups is 1. The molecule has 0 spiro atoms. The number of hydrogen-bond acceptors (Lipinski definition) is 8. The van der Waals surface area contributed by atoms with Crippen LogP contribution < -0.4 is 5.73 Å². The Bertz CT molecular complexity index is 1050. The number of esters is 2. The summed E-state index contributed by atoms with van der Waals surface area (Å²) in [7, 11) is -4.38. The third-order valence-electron chi connectivity index (χ3n) is 8.39. The Morgan fingerprint density at radius 1 is 0.585 bits per heavy atom. The molecule has 0 aromatic heterocycles. The van der Waals surface area contributed by atoms with Crippen LogP contribution in [0.25, 0.3) is 0 Å². The highest BCUT2D eigenvalue weighted by atomic mass is 31.2. The van der Waals surface area contributed by atoms with Crippen LogP contribution in [-0.2, 0) is 32.7 Å². The number of allylic oxidation sites excluding steroid dienone is 10. The van der Waals surface area contributed by atoms with Gasteiger partial charge in [-0.25, -0.2) is 4.57 Å². The Balaban J connectivity index is 4.24. The molecule has 0 aliphatic heterocycles. The number of rotatable bonds is 38. The van der Waals surface area contributed by atoms with Gasteiger partial charge in [0.15, 0.2) is 6.10 Å². The zero-order valence-corrected chi connectivity index (χ0v) is 34.4. The molecule has 53 heavy (non-hydrogen) atoms. The summed E-state index contributed by atoms with van der Waals surface area (Å²) >= 11 is 0. The van der Waals surface area contributed by atoms with E-state index in [0.29, 0.717) is 12.8 Å². The first-order chi connectivity index (χ1) is 25.8. The van der Waals surface area contributed by atoms with Crippen LogP contribution in [-0.4, -0.2) is 49.3 Å². The highest BCUT2D eigenvalue weighted by Gasteiger charge is 2.25. The number of ether oxygens (including phenoxy) is 2. The number of carbonyl (C=O) groups excluding carboxylic acids is 2. The quantitative estimate of drug-likeness (QED) is 0.0272. The third kappa shape index (κ3) is 39.2. The second kappa shape index (κ2) is 39.4. The molecule has 0 heterocycles. The molecule has 0 fully saturated rings. The van der Waals surface area contributed by atoms with E-state index in [0.717, 1.165) is 77.0 Å². The van der Waals surface area contributed by atoms with E-state index in [4.69, 9.17) is 24.3 Å². The minimum atomic E-state index is -4.38. The van der Waals surface area contributed by atoms with Crippen LogP contribution in [0.4, 0.5) is 0 Å². The zero-order chi connectivity index (χ0) is 38.9. The Labute approximate surface area is 323 Å². The van der Waals surface area contributed by atoms with Gasteiger partial charge < -0.3 is 20.1 Å². The molecular weight excluding hydrogens is 689 g/mol. The maximum absolute atomic E-state index is 12.6. The SMILES string of the molecule is CCC=CCC=CCC=CCC=CCCCCCCC(=O)OC[C@H](COP(=O)(O)OCCN)OC(=O)CCCCCCCCCC=CCCCCCC. The van der Waals surface area contributed by atoms with Crippen molar-refractivity contribution >= 4 is 19.8 Å². The van der Waals surface area contributed by atoms with Crippen LogP contribution in [0.2, 0.25) is 0 Å². The van der Waals surface area contributed by atoms with Crippen molar-refractivity contribution in [3.8, 4) is 0 Å². The largest absolute Gasteiger partial charge is 0.472 e. The topological polar surface area (TPSA) is 134 Å². The van der Waals surface area contributed by atoms with Gasteiger partial charge in [0.2, 0.25) is 0 Å². The van der Waals surface area contributed by atoms with Gasteiger partial charge in [-0.05, 0) is 77.0 Å². The fourth-order valence-corrected chi connectivity index (χ4v) is 6.09. The number of carbonyl (C=O) groups is 2. The molecule has 10 heteroatoms. The molecule has 0 rings (SSSR count). The van der Waals surface area contributed by atoms with Crippen molar-refractivity contribution in [1.29, 1.82) is 0 Å². The molecule has 0 amide bonds. The summed E-state index contributed by atoms with van der Waals surface area (Å²) < 4.78 is 32.7. The molecule has 1 unspecified atom stereocenters. The van der Waals surface area contributed by atoms with Gasteiger partial charge in [0, 0.05) is 19.4 Å². The molecule has 0 saturated carbocycles. The molecule has 0 aromatic carbocycles. The van der Waals surface area contributed by atoms with Crippen LogP contribution in [0.3, 0.4) is 0 Å². The third-order valence-corrected chi connectivity index (χ3v) is 9.37. The van der Waals surface area contributed by atoms with Gasteiger partial charge in [-0.3, -0.25) is 18.6 Å². The predicted molar refractivity (Wildman–Crippen MR) is 219 cm³/mol. The van der Waals surface area contributed by atoms with E-state index in [1.807, 2.05) is 0 Å². The molecule has 3 N–H and O–H groups in total. The van der Waals surface area contributed by atoms with E-state index in [2.05, 4.69) is 74.6 Å². The first-order valence-corrected chi connectivity index (χ1v) is 22.3. The maximum atomic E-state index is 12.6. The van der Waals surface area contributed by atoms with Crippen molar-refractivity contribution in [2.45, 2.75) is 174 Å². The van der Waals surface area contributed by atoms with E-state index in [-0.39, 0.29) is 32.6 Å². The number of nitrogens with two attached hydrogens (primary N) is 1. The fourth-order valence-electron chi connectivity index (χ4n) is 5.32. The molecular formula is C43H76NO8P. The molecule has 0 radical (unpaired) electrons. The Hall–Kier alpha value is -2.29. The highest BCUT2D eigenvalue weighted by molar-refractivity contribution is 7.47. The van der Waals surface area contributed by atoms with Crippen LogP contribution in [0, 0.1) is 0 Å². The smallest absolute Gasteiger partial charge is 0.462 e. The monoisotopic (exact) mass is 766 g/mol. The normalized spacial score (nSPS) is 14.0. The summed E-state index contributed by atoms with van der Waals surface area (Å²) in [6.07, 6.45) is 45.3. The summed E-state index contributed by atoms with van der Waals surface area (Å²) in [5, 5.41) is 0. The van der Waals surface area contributed by atoms with E-state index in [9.17, 15) is 19.0 Å².